The van der Waals surface area contributed by atoms with E-state index in [4.69, 9.17) is 20.7 Å². The minimum Gasteiger partial charge on any atom is -0.493 e. The summed E-state index contributed by atoms with van der Waals surface area (Å²) in [4.78, 5) is 0. The van der Waals surface area contributed by atoms with Crippen molar-refractivity contribution in [1.82, 2.24) is 0 Å². The van der Waals surface area contributed by atoms with E-state index in [1.807, 2.05) is 12.1 Å². The van der Waals surface area contributed by atoms with E-state index in [0.717, 1.165) is 29.9 Å². The Kier molecular flexibility index (Phi) is 5.55. The topological polar surface area (TPSA) is 18.5 Å². The fourth-order valence-electron chi connectivity index (χ4n) is 2.05. The molecule has 0 saturated carbocycles. The van der Waals surface area contributed by atoms with Crippen molar-refractivity contribution in [2.45, 2.75) is 31.8 Å². The minimum atomic E-state index is -0.0454. The number of hydrogen-bond acceptors (Lipinski definition) is 2. The lowest BCUT2D eigenvalue weighted by atomic mass is 9.94. The first kappa shape index (κ1) is 14.6. The summed E-state index contributed by atoms with van der Waals surface area (Å²) in [6, 6.07) is 5.97. The maximum Gasteiger partial charge on any atom is 0.164 e. The number of methoxy groups -OCH3 is 2. The summed E-state index contributed by atoms with van der Waals surface area (Å²) in [7, 11) is 3.65. The van der Waals surface area contributed by atoms with E-state index < -0.39 is 0 Å². The molecule has 2 unspecified atom stereocenters. The molecule has 0 aliphatic rings. The average molecular weight is 275 g/mol. The number of rotatable bonds is 6. The molecule has 0 aliphatic carbocycles. The summed E-state index contributed by atoms with van der Waals surface area (Å²) in [5.74, 6) is 1.57. The van der Waals surface area contributed by atoms with E-state index in [-0.39, 0.29) is 5.16 Å². The zero-order valence-electron chi connectivity index (χ0n) is 10.8. The highest BCUT2D eigenvalue weighted by atomic mass is 35.7. The minimum absolute atomic E-state index is 0.0454. The van der Waals surface area contributed by atoms with Crippen molar-refractivity contribution in [2.75, 3.05) is 14.2 Å². The molecule has 0 bridgehead atoms. The summed E-state index contributed by atoms with van der Waals surface area (Å²) in [5, 5.41) is -0.0454. The highest BCUT2D eigenvalue weighted by molar-refractivity contribution is 7.69. The molecule has 1 aromatic carbocycles. The number of ether oxygens (including phenoxy) is 2. The van der Waals surface area contributed by atoms with Crippen LogP contribution in [0.5, 0.6) is 11.5 Å². The van der Waals surface area contributed by atoms with Crippen LogP contribution < -0.4 is 9.47 Å². The summed E-state index contributed by atoms with van der Waals surface area (Å²) < 4.78 is 10.8. The van der Waals surface area contributed by atoms with Gasteiger partial charge in [0.15, 0.2) is 11.5 Å². The van der Waals surface area contributed by atoms with Gasteiger partial charge in [0, 0.05) is 10.7 Å². The van der Waals surface area contributed by atoms with Crippen LogP contribution in [-0.4, -0.2) is 14.2 Å². The second kappa shape index (κ2) is 6.47. The van der Waals surface area contributed by atoms with Gasteiger partial charge in [-0.25, -0.2) is 0 Å². The van der Waals surface area contributed by atoms with Crippen LogP contribution in [0.3, 0.4) is 0 Å². The Balaban J connectivity index is 3.28. The van der Waals surface area contributed by atoms with Gasteiger partial charge in [-0.2, -0.15) is 0 Å². The van der Waals surface area contributed by atoms with Gasteiger partial charge in [0.25, 0.3) is 0 Å². The molecule has 0 aliphatic heterocycles. The molecule has 1 rings (SSSR count). The molecule has 4 heteroatoms. The second-order valence-electron chi connectivity index (χ2n) is 4.22. The van der Waals surface area contributed by atoms with Crippen molar-refractivity contribution in [2.24, 2.45) is 0 Å². The zero-order chi connectivity index (χ0) is 12.9. The standard InChI is InChI=1S/C13H20ClO2P/c1-5-9-13(2,17-14)10-7-6-8-11(15-3)12(10)16-4/h6-8,17H,5,9H2,1-4H3. The van der Waals surface area contributed by atoms with Crippen LogP contribution in [0.25, 0.3) is 0 Å². The highest BCUT2D eigenvalue weighted by Gasteiger charge is 2.29. The van der Waals surface area contributed by atoms with Crippen LogP contribution in [-0.2, 0) is 5.16 Å². The molecular weight excluding hydrogens is 255 g/mol. The normalized spacial score (nSPS) is 14.9. The Morgan fingerprint density at radius 3 is 2.47 bits per heavy atom. The van der Waals surface area contributed by atoms with Crippen LogP contribution >= 0.6 is 19.2 Å². The summed E-state index contributed by atoms with van der Waals surface area (Å²) in [6.07, 6.45) is 2.13. The van der Waals surface area contributed by atoms with Crippen LogP contribution in [0.2, 0.25) is 0 Å². The first-order valence-electron chi connectivity index (χ1n) is 5.72. The van der Waals surface area contributed by atoms with Gasteiger partial charge in [-0.3, -0.25) is 0 Å². The molecule has 0 saturated heterocycles. The van der Waals surface area contributed by atoms with Crippen LogP contribution in [0, 0.1) is 0 Å². The molecule has 0 amide bonds. The highest BCUT2D eigenvalue weighted by Crippen LogP contribution is 2.52. The molecule has 2 atom stereocenters. The molecule has 0 fully saturated rings. The molecule has 0 N–H and O–H groups in total. The largest absolute Gasteiger partial charge is 0.493 e. The second-order valence-corrected chi connectivity index (χ2v) is 6.08. The van der Waals surface area contributed by atoms with E-state index in [1.54, 1.807) is 14.2 Å². The lowest BCUT2D eigenvalue weighted by Crippen LogP contribution is -2.15. The van der Waals surface area contributed by atoms with Gasteiger partial charge in [-0.1, -0.05) is 43.6 Å². The van der Waals surface area contributed by atoms with Gasteiger partial charge in [-0.15, -0.1) is 0 Å². The third-order valence-electron chi connectivity index (χ3n) is 2.96. The predicted octanol–water partition coefficient (Wildman–Crippen LogP) is 4.55. The Bertz CT molecular complexity index is 370. The van der Waals surface area contributed by atoms with Crippen LogP contribution in [0.15, 0.2) is 18.2 Å². The monoisotopic (exact) mass is 274 g/mol. The predicted molar refractivity (Wildman–Crippen MR) is 76.0 cm³/mol. The zero-order valence-corrected chi connectivity index (χ0v) is 12.6. The fraction of sp³-hybridized carbons (Fsp3) is 0.538. The Morgan fingerprint density at radius 1 is 1.29 bits per heavy atom. The van der Waals surface area contributed by atoms with Gasteiger partial charge in [-0.05, 0) is 20.4 Å². The molecule has 0 spiro atoms. The SMILES string of the molecule is CCCC(C)(PCl)c1cccc(OC)c1OC. The summed E-state index contributed by atoms with van der Waals surface area (Å²) >= 11 is 6.18. The van der Waals surface area contributed by atoms with E-state index >= 15 is 0 Å². The smallest absolute Gasteiger partial charge is 0.164 e. The number of para-hydroxylation sites is 1. The fourth-order valence-corrected chi connectivity index (χ4v) is 3.29. The lowest BCUT2D eigenvalue weighted by Gasteiger charge is -2.29. The molecule has 2 nitrogen and oxygen atoms in total. The van der Waals surface area contributed by atoms with Gasteiger partial charge in [0.1, 0.15) is 0 Å². The Morgan fingerprint density at radius 2 is 2.00 bits per heavy atom. The number of benzene rings is 1. The third kappa shape index (κ3) is 3.05. The van der Waals surface area contributed by atoms with Gasteiger partial charge in [0.2, 0.25) is 0 Å². The van der Waals surface area contributed by atoms with Crippen LogP contribution in [0.1, 0.15) is 32.3 Å². The van der Waals surface area contributed by atoms with E-state index in [1.165, 1.54) is 0 Å². The maximum atomic E-state index is 6.18. The van der Waals surface area contributed by atoms with Crippen molar-refractivity contribution in [3.63, 3.8) is 0 Å². The van der Waals surface area contributed by atoms with E-state index in [2.05, 4.69) is 19.9 Å². The molecule has 1 aromatic rings. The van der Waals surface area contributed by atoms with Crippen molar-refractivity contribution in [1.29, 1.82) is 0 Å². The maximum absolute atomic E-state index is 6.18. The quantitative estimate of drug-likeness (QED) is 0.709. The van der Waals surface area contributed by atoms with Crippen molar-refractivity contribution >= 4 is 19.2 Å². The van der Waals surface area contributed by atoms with Gasteiger partial charge >= 0.3 is 0 Å². The van der Waals surface area contributed by atoms with Gasteiger partial charge < -0.3 is 9.47 Å². The molecular formula is C13H20ClO2P. The van der Waals surface area contributed by atoms with Crippen LogP contribution in [0.4, 0.5) is 0 Å². The summed E-state index contributed by atoms with van der Waals surface area (Å²) in [6.45, 7) is 4.35. The summed E-state index contributed by atoms with van der Waals surface area (Å²) in [5.41, 5.74) is 1.13. The molecule has 96 valence electrons. The number of hydrogen-bond donors (Lipinski definition) is 0. The Hall–Kier alpha value is -0.460. The van der Waals surface area contributed by atoms with Crippen molar-refractivity contribution < 1.29 is 9.47 Å². The molecule has 0 aromatic heterocycles. The average Bonchev–Trinajstić information content (AvgIpc) is 2.37. The molecule has 0 radical (unpaired) electrons. The van der Waals surface area contributed by atoms with Gasteiger partial charge in [0.05, 0.1) is 14.2 Å². The van der Waals surface area contributed by atoms with E-state index in [9.17, 15) is 0 Å². The first-order chi connectivity index (χ1) is 8.12. The molecule has 17 heavy (non-hydrogen) atoms. The lowest BCUT2D eigenvalue weighted by molar-refractivity contribution is 0.347. The van der Waals surface area contributed by atoms with Crippen molar-refractivity contribution in [3.05, 3.63) is 23.8 Å². The van der Waals surface area contributed by atoms with Crippen molar-refractivity contribution in [3.8, 4) is 11.5 Å². The van der Waals surface area contributed by atoms with E-state index in [0.29, 0.717) is 7.93 Å². The first-order valence-corrected chi connectivity index (χ1v) is 7.73. The Labute approximate surface area is 110 Å². The third-order valence-corrected chi connectivity index (χ3v) is 5.14. The number of halogens is 1. The molecule has 0 heterocycles.